The highest BCUT2D eigenvalue weighted by molar-refractivity contribution is 6.30. The van der Waals surface area contributed by atoms with Gasteiger partial charge in [0.1, 0.15) is 5.82 Å². The number of carbonyl (C=O) groups is 1. The Labute approximate surface area is 147 Å². The van der Waals surface area contributed by atoms with Crippen molar-refractivity contribution in [2.24, 2.45) is 0 Å². The van der Waals surface area contributed by atoms with Crippen molar-refractivity contribution in [2.45, 2.75) is 25.9 Å². The summed E-state index contributed by atoms with van der Waals surface area (Å²) in [6.07, 6.45) is 4.30. The predicted molar refractivity (Wildman–Crippen MR) is 96.2 cm³/mol. The predicted octanol–water partition coefficient (Wildman–Crippen LogP) is 3.33. The molecule has 0 radical (unpaired) electrons. The quantitative estimate of drug-likeness (QED) is 0.874. The van der Waals surface area contributed by atoms with E-state index in [1.807, 2.05) is 42.6 Å². The van der Waals surface area contributed by atoms with E-state index < -0.39 is 0 Å². The van der Waals surface area contributed by atoms with Crippen LogP contribution in [-0.2, 0) is 13.1 Å². The van der Waals surface area contributed by atoms with Crippen LogP contribution in [0.5, 0.6) is 0 Å². The molecule has 3 rings (SSSR count). The molecule has 6 heteroatoms. The first kappa shape index (κ1) is 16.6. The fourth-order valence-electron chi connectivity index (χ4n) is 2.68. The van der Waals surface area contributed by atoms with E-state index in [0.717, 1.165) is 30.0 Å². The number of benzene rings is 1. The summed E-state index contributed by atoms with van der Waals surface area (Å²) in [6.45, 7) is 3.09. The van der Waals surface area contributed by atoms with Gasteiger partial charge in [-0.1, -0.05) is 29.8 Å². The number of nitrogens with zero attached hydrogens (tertiary/aromatic N) is 2. The number of rotatable bonds is 5. The van der Waals surface area contributed by atoms with Crippen LogP contribution in [0.25, 0.3) is 0 Å². The largest absolute Gasteiger partial charge is 0.357 e. The second kappa shape index (κ2) is 8.02. The van der Waals surface area contributed by atoms with Crippen LogP contribution in [0.15, 0.2) is 42.6 Å². The average Bonchev–Trinajstić information content (AvgIpc) is 3.14. The molecule has 1 aliphatic rings. The summed E-state index contributed by atoms with van der Waals surface area (Å²) >= 11 is 5.84. The van der Waals surface area contributed by atoms with E-state index in [1.165, 1.54) is 12.8 Å². The maximum atomic E-state index is 11.9. The van der Waals surface area contributed by atoms with Gasteiger partial charge in [-0.15, -0.1) is 0 Å². The van der Waals surface area contributed by atoms with Crippen LogP contribution >= 0.6 is 11.6 Å². The molecule has 1 aromatic heterocycles. The van der Waals surface area contributed by atoms with Gasteiger partial charge in [0.15, 0.2) is 0 Å². The van der Waals surface area contributed by atoms with Crippen LogP contribution in [-0.4, -0.2) is 24.1 Å². The normalized spacial score (nSPS) is 13.8. The number of amides is 2. The third kappa shape index (κ3) is 4.61. The van der Waals surface area contributed by atoms with Crippen molar-refractivity contribution < 1.29 is 4.79 Å². The monoisotopic (exact) mass is 344 g/mol. The maximum absolute atomic E-state index is 11.9. The molecule has 0 bridgehead atoms. The highest BCUT2D eigenvalue weighted by Crippen LogP contribution is 2.17. The number of urea groups is 1. The molecule has 1 aromatic carbocycles. The second-order valence-electron chi connectivity index (χ2n) is 5.88. The summed E-state index contributed by atoms with van der Waals surface area (Å²) in [6, 6.07) is 11.2. The molecule has 0 spiro atoms. The Bertz CT molecular complexity index is 666. The van der Waals surface area contributed by atoms with Crippen LogP contribution in [0.2, 0.25) is 5.02 Å². The molecule has 0 unspecified atom stereocenters. The molecule has 126 valence electrons. The van der Waals surface area contributed by atoms with Gasteiger partial charge < -0.3 is 15.5 Å². The minimum Gasteiger partial charge on any atom is -0.357 e. The van der Waals surface area contributed by atoms with E-state index in [2.05, 4.69) is 20.5 Å². The van der Waals surface area contributed by atoms with Crippen LogP contribution in [0.4, 0.5) is 10.6 Å². The Kier molecular flexibility index (Phi) is 5.54. The molecule has 2 amide bonds. The molecule has 0 atom stereocenters. The van der Waals surface area contributed by atoms with Gasteiger partial charge in [-0.25, -0.2) is 9.78 Å². The molecule has 1 fully saturated rings. The van der Waals surface area contributed by atoms with Crippen molar-refractivity contribution in [3.8, 4) is 0 Å². The van der Waals surface area contributed by atoms with Gasteiger partial charge >= 0.3 is 6.03 Å². The first-order chi connectivity index (χ1) is 11.7. The summed E-state index contributed by atoms with van der Waals surface area (Å²) in [5.74, 6) is 1.02. The number of aromatic nitrogens is 1. The molecular weight excluding hydrogens is 324 g/mol. The lowest BCUT2D eigenvalue weighted by Crippen LogP contribution is -2.34. The molecule has 1 aliphatic heterocycles. The molecule has 24 heavy (non-hydrogen) atoms. The standard InChI is InChI=1S/C18H21ClN4O/c19-16-6-3-14(4-7-16)11-21-18(24)22-13-15-5-8-17(20-12-15)23-9-1-2-10-23/h3-8,12H,1-2,9-11,13H2,(H2,21,22,24). The fraction of sp³-hybridized carbons (Fsp3) is 0.333. The molecule has 1 saturated heterocycles. The topological polar surface area (TPSA) is 57.3 Å². The molecular formula is C18H21ClN4O. The summed E-state index contributed by atoms with van der Waals surface area (Å²) in [5, 5.41) is 6.35. The van der Waals surface area contributed by atoms with Crippen LogP contribution in [0.1, 0.15) is 24.0 Å². The number of nitrogens with one attached hydrogen (secondary N) is 2. The van der Waals surface area contributed by atoms with Crippen molar-refractivity contribution in [1.29, 1.82) is 0 Å². The Morgan fingerprint density at radius 1 is 1.00 bits per heavy atom. The highest BCUT2D eigenvalue weighted by Gasteiger charge is 2.13. The van der Waals surface area contributed by atoms with Crippen molar-refractivity contribution in [3.05, 3.63) is 58.7 Å². The van der Waals surface area contributed by atoms with Crippen molar-refractivity contribution >= 4 is 23.4 Å². The lowest BCUT2D eigenvalue weighted by molar-refractivity contribution is 0.240. The van der Waals surface area contributed by atoms with Crippen molar-refractivity contribution in [1.82, 2.24) is 15.6 Å². The third-order valence-electron chi connectivity index (χ3n) is 4.06. The molecule has 5 nitrogen and oxygen atoms in total. The number of carbonyl (C=O) groups excluding carboxylic acids is 1. The van der Waals surface area contributed by atoms with Crippen molar-refractivity contribution in [2.75, 3.05) is 18.0 Å². The zero-order chi connectivity index (χ0) is 16.8. The van der Waals surface area contributed by atoms with Gasteiger partial charge in [-0.05, 0) is 42.2 Å². The fourth-order valence-corrected chi connectivity index (χ4v) is 2.81. The van der Waals surface area contributed by atoms with Gasteiger partial charge in [0, 0.05) is 37.4 Å². The smallest absolute Gasteiger partial charge is 0.315 e. The van der Waals surface area contributed by atoms with Gasteiger partial charge in [-0.3, -0.25) is 0 Å². The number of anilines is 1. The van der Waals surface area contributed by atoms with Crippen LogP contribution < -0.4 is 15.5 Å². The highest BCUT2D eigenvalue weighted by atomic mass is 35.5. The minimum absolute atomic E-state index is 0.200. The number of hydrogen-bond acceptors (Lipinski definition) is 3. The van der Waals surface area contributed by atoms with E-state index in [1.54, 1.807) is 0 Å². The van der Waals surface area contributed by atoms with Crippen molar-refractivity contribution in [3.63, 3.8) is 0 Å². The number of pyridine rings is 1. The second-order valence-corrected chi connectivity index (χ2v) is 6.32. The number of hydrogen-bond donors (Lipinski definition) is 2. The lowest BCUT2D eigenvalue weighted by Gasteiger charge is -2.16. The zero-order valence-corrected chi connectivity index (χ0v) is 14.2. The Hall–Kier alpha value is -2.27. The SMILES string of the molecule is O=C(NCc1ccc(Cl)cc1)NCc1ccc(N2CCCC2)nc1. The summed E-state index contributed by atoms with van der Waals surface area (Å²) in [4.78, 5) is 18.6. The first-order valence-corrected chi connectivity index (χ1v) is 8.54. The summed E-state index contributed by atoms with van der Waals surface area (Å²) < 4.78 is 0. The van der Waals surface area contributed by atoms with E-state index in [0.29, 0.717) is 18.1 Å². The third-order valence-corrected chi connectivity index (χ3v) is 4.31. The molecule has 2 heterocycles. The van der Waals surface area contributed by atoms with E-state index in [9.17, 15) is 4.79 Å². The molecule has 2 aromatic rings. The van der Waals surface area contributed by atoms with Crippen LogP contribution in [0, 0.1) is 0 Å². The summed E-state index contributed by atoms with van der Waals surface area (Å²) in [7, 11) is 0. The van der Waals surface area contributed by atoms with Crippen LogP contribution in [0.3, 0.4) is 0 Å². The van der Waals surface area contributed by atoms with Gasteiger partial charge in [0.2, 0.25) is 0 Å². The Morgan fingerprint density at radius 3 is 2.25 bits per heavy atom. The maximum Gasteiger partial charge on any atom is 0.315 e. The van der Waals surface area contributed by atoms with Gasteiger partial charge in [0.05, 0.1) is 0 Å². The lowest BCUT2D eigenvalue weighted by atomic mass is 10.2. The Morgan fingerprint density at radius 2 is 1.62 bits per heavy atom. The Balaban J connectivity index is 1.43. The van der Waals surface area contributed by atoms with Gasteiger partial charge in [0.25, 0.3) is 0 Å². The van der Waals surface area contributed by atoms with E-state index in [-0.39, 0.29) is 6.03 Å². The first-order valence-electron chi connectivity index (χ1n) is 8.17. The van der Waals surface area contributed by atoms with E-state index >= 15 is 0 Å². The van der Waals surface area contributed by atoms with Gasteiger partial charge in [-0.2, -0.15) is 0 Å². The zero-order valence-electron chi connectivity index (χ0n) is 13.5. The molecule has 2 N–H and O–H groups in total. The van der Waals surface area contributed by atoms with E-state index in [4.69, 9.17) is 11.6 Å². The minimum atomic E-state index is -0.200. The number of halogens is 1. The summed E-state index contributed by atoms with van der Waals surface area (Å²) in [5.41, 5.74) is 1.99. The average molecular weight is 345 g/mol. The molecule has 0 saturated carbocycles. The molecule has 0 aliphatic carbocycles.